The summed E-state index contributed by atoms with van der Waals surface area (Å²) in [5.41, 5.74) is 4.26. The van der Waals surface area contributed by atoms with Crippen LogP contribution >= 0.6 is 0 Å². The summed E-state index contributed by atoms with van der Waals surface area (Å²) in [6, 6.07) is 20.3. The molecule has 0 aliphatic heterocycles. The number of nitrogens with zero attached hydrogens (tertiary/aromatic N) is 3. The number of hydrogen-bond donors (Lipinski definition) is 2. The standard InChI is InChI=1S/C21H19N5/c1-15-6-8-16(9-7-15)14-23-20-18-4-2-3-5-19(18)25-21(26-20)24-17-10-12-22-13-11-17/h2-13H,14H2,1H3,(H2,22,23,24,25,26). The molecule has 0 unspecified atom stereocenters. The highest BCUT2D eigenvalue weighted by Gasteiger charge is 2.08. The highest BCUT2D eigenvalue weighted by molar-refractivity contribution is 5.90. The molecule has 0 bridgehead atoms. The molecule has 0 amide bonds. The molecule has 0 fully saturated rings. The molecule has 2 aromatic heterocycles. The highest BCUT2D eigenvalue weighted by atomic mass is 15.1. The van der Waals surface area contributed by atoms with Gasteiger partial charge in [-0.1, -0.05) is 42.0 Å². The number of aromatic nitrogens is 3. The molecule has 5 nitrogen and oxygen atoms in total. The third-order valence-corrected chi connectivity index (χ3v) is 4.12. The van der Waals surface area contributed by atoms with Crippen molar-refractivity contribution >= 4 is 28.4 Å². The van der Waals surface area contributed by atoms with Crippen LogP contribution in [0.25, 0.3) is 10.9 Å². The van der Waals surface area contributed by atoms with Crippen molar-refractivity contribution in [2.24, 2.45) is 0 Å². The van der Waals surface area contributed by atoms with Gasteiger partial charge in [0.2, 0.25) is 5.95 Å². The van der Waals surface area contributed by atoms with Crippen LogP contribution in [0.3, 0.4) is 0 Å². The predicted molar refractivity (Wildman–Crippen MR) is 106 cm³/mol. The van der Waals surface area contributed by atoms with Crippen LogP contribution in [0.15, 0.2) is 73.1 Å². The Hall–Kier alpha value is -3.47. The van der Waals surface area contributed by atoms with Crippen LogP contribution in [0.2, 0.25) is 0 Å². The molecule has 128 valence electrons. The second-order valence-corrected chi connectivity index (χ2v) is 6.11. The van der Waals surface area contributed by atoms with Crippen LogP contribution in [0.1, 0.15) is 11.1 Å². The van der Waals surface area contributed by atoms with Crippen molar-refractivity contribution in [1.82, 2.24) is 15.0 Å². The molecule has 0 saturated carbocycles. The van der Waals surface area contributed by atoms with Crippen molar-refractivity contribution in [2.75, 3.05) is 10.6 Å². The average molecular weight is 341 g/mol. The fourth-order valence-electron chi connectivity index (χ4n) is 2.72. The Morgan fingerprint density at radius 3 is 2.42 bits per heavy atom. The lowest BCUT2D eigenvalue weighted by atomic mass is 10.1. The Morgan fingerprint density at radius 1 is 0.846 bits per heavy atom. The first-order valence-electron chi connectivity index (χ1n) is 8.51. The third kappa shape index (κ3) is 3.62. The Balaban J connectivity index is 1.64. The van der Waals surface area contributed by atoms with E-state index in [0.717, 1.165) is 22.4 Å². The van der Waals surface area contributed by atoms with Gasteiger partial charge in [-0.25, -0.2) is 4.98 Å². The summed E-state index contributed by atoms with van der Waals surface area (Å²) in [5, 5.41) is 7.69. The van der Waals surface area contributed by atoms with Crippen molar-refractivity contribution in [2.45, 2.75) is 13.5 Å². The van der Waals surface area contributed by atoms with Crippen LogP contribution in [0.4, 0.5) is 17.5 Å². The molecular formula is C21H19N5. The van der Waals surface area contributed by atoms with E-state index in [9.17, 15) is 0 Å². The first-order chi connectivity index (χ1) is 12.8. The van der Waals surface area contributed by atoms with Gasteiger partial charge in [-0.3, -0.25) is 4.98 Å². The van der Waals surface area contributed by atoms with Gasteiger partial charge in [0.05, 0.1) is 5.52 Å². The molecule has 2 aromatic carbocycles. The number of hydrogen-bond acceptors (Lipinski definition) is 5. The van der Waals surface area contributed by atoms with Gasteiger partial charge in [0.15, 0.2) is 0 Å². The molecule has 0 aliphatic carbocycles. The molecule has 0 radical (unpaired) electrons. The molecule has 4 aromatic rings. The van der Waals surface area contributed by atoms with E-state index in [0.29, 0.717) is 12.5 Å². The molecule has 5 heteroatoms. The number of nitrogens with one attached hydrogen (secondary N) is 2. The smallest absolute Gasteiger partial charge is 0.229 e. The largest absolute Gasteiger partial charge is 0.365 e. The lowest BCUT2D eigenvalue weighted by molar-refractivity contribution is 1.10. The molecule has 2 N–H and O–H groups in total. The van der Waals surface area contributed by atoms with Gasteiger partial charge in [0.1, 0.15) is 5.82 Å². The maximum Gasteiger partial charge on any atom is 0.229 e. The first-order valence-corrected chi connectivity index (χ1v) is 8.51. The van der Waals surface area contributed by atoms with Gasteiger partial charge in [0, 0.05) is 30.0 Å². The van der Waals surface area contributed by atoms with Gasteiger partial charge in [-0.2, -0.15) is 4.98 Å². The Morgan fingerprint density at radius 2 is 1.62 bits per heavy atom. The van der Waals surface area contributed by atoms with Crippen LogP contribution < -0.4 is 10.6 Å². The lowest BCUT2D eigenvalue weighted by Crippen LogP contribution is -2.05. The van der Waals surface area contributed by atoms with E-state index in [4.69, 9.17) is 0 Å². The molecule has 0 atom stereocenters. The fourth-order valence-corrected chi connectivity index (χ4v) is 2.72. The zero-order valence-electron chi connectivity index (χ0n) is 14.5. The summed E-state index contributed by atoms with van der Waals surface area (Å²) >= 11 is 0. The molecule has 0 spiro atoms. The Kier molecular flexibility index (Phi) is 4.43. The average Bonchev–Trinajstić information content (AvgIpc) is 2.68. The van der Waals surface area contributed by atoms with Crippen molar-refractivity contribution in [3.8, 4) is 0 Å². The molecular weight excluding hydrogens is 322 g/mol. The van der Waals surface area contributed by atoms with Gasteiger partial charge >= 0.3 is 0 Å². The maximum atomic E-state index is 4.68. The van der Waals surface area contributed by atoms with Crippen molar-refractivity contribution in [3.63, 3.8) is 0 Å². The number of para-hydroxylation sites is 1. The fraction of sp³-hybridized carbons (Fsp3) is 0.0952. The van der Waals surface area contributed by atoms with E-state index in [2.05, 4.69) is 56.8 Å². The zero-order chi connectivity index (χ0) is 17.8. The third-order valence-electron chi connectivity index (χ3n) is 4.12. The number of pyridine rings is 1. The minimum Gasteiger partial charge on any atom is -0.365 e. The highest BCUT2D eigenvalue weighted by Crippen LogP contribution is 2.24. The van der Waals surface area contributed by atoms with Gasteiger partial charge < -0.3 is 10.6 Å². The van der Waals surface area contributed by atoms with Crippen LogP contribution in [0.5, 0.6) is 0 Å². The predicted octanol–water partition coefficient (Wildman–Crippen LogP) is 4.69. The second-order valence-electron chi connectivity index (χ2n) is 6.11. The first kappa shape index (κ1) is 16.0. The van der Waals surface area contributed by atoms with Crippen molar-refractivity contribution < 1.29 is 0 Å². The van der Waals surface area contributed by atoms with Crippen LogP contribution in [-0.2, 0) is 6.54 Å². The summed E-state index contributed by atoms with van der Waals surface area (Å²) in [6.45, 7) is 2.79. The topological polar surface area (TPSA) is 62.7 Å². The Bertz CT molecular complexity index is 1010. The number of fused-ring (bicyclic) bond motifs is 1. The van der Waals surface area contributed by atoms with E-state index >= 15 is 0 Å². The SMILES string of the molecule is Cc1ccc(CNc2nc(Nc3ccncc3)nc3ccccc23)cc1. The van der Waals surface area contributed by atoms with Crippen molar-refractivity contribution in [3.05, 3.63) is 84.2 Å². The maximum absolute atomic E-state index is 4.68. The van der Waals surface area contributed by atoms with E-state index < -0.39 is 0 Å². The number of rotatable bonds is 5. The number of anilines is 3. The number of benzene rings is 2. The summed E-state index contributed by atoms with van der Waals surface area (Å²) < 4.78 is 0. The molecule has 0 saturated heterocycles. The second kappa shape index (κ2) is 7.19. The number of aryl methyl sites for hydroxylation is 1. The summed E-state index contributed by atoms with van der Waals surface area (Å²) in [5.74, 6) is 1.37. The minimum absolute atomic E-state index is 0.557. The van der Waals surface area contributed by atoms with Gasteiger partial charge in [-0.15, -0.1) is 0 Å². The quantitative estimate of drug-likeness (QED) is 0.551. The monoisotopic (exact) mass is 341 g/mol. The summed E-state index contributed by atoms with van der Waals surface area (Å²) in [6.07, 6.45) is 3.47. The van der Waals surface area contributed by atoms with E-state index in [1.165, 1.54) is 11.1 Å². The normalized spacial score (nSPS) is 10.7. The summed E-state index contributed by atoms with van der Waals surface area (Å²) in [4.78, 5) is 13.3. The Labute approximate surface area is 152 Å². The van der Waals surface area contributed by atoms with E-state index in [1.807, 2.05) is 36.4 Å². The van der Waals surface area contributed by atoms with Gasteiger partial charge in [-0.05, 0) is 36.8 Å². The molecule has 0 aliphatic rings. The van der Waals surface area contributed by atoms with E-state index in [-0.39, 0.29) is 0 Å². The molecule has 26 heavy (non-hydrogen) atoms. The summed E-state index contributed by atoms with van der Waals surface area (Å²) in [7, 11) is 0. The van der Waals surface area contributed by atoms with Crippen molar-refractivity contribution in [1.29, 1.82) is 0 Å². The minimum atomic E-state index is 0.557. The van der Waals surface area contributed by atoms with Crippen LogP contribution in [0, 0.1) is 6.92 Å². The molecule has 4 rings (SSSR count). The lowest BCUT2D eigenvalue weighted by Gasteiger charge is -2.12. The van der Waals surface area contributed by atoms with Gasteiger partial charge in [0.25, 0.3) is 0 Å². The van der Waals surface area contributed by atoms with Crippen LogP contribution in [-0.4, -0.2) is 15.0 Å². The molecule has 2 heterocycles. The van der Waals surface area contributed by atoms with E-state index in [1.54, 1.807) is 12.4 Å². The zero-order valence-corrected chi connectivity index (χ0v) is 14.5.